The van der Waals surface area contributed by atoms with Gasteiger partial charge in [-0.2, -0.15) is 5.10 Å². The number of hydrogen-bond donors (Lipinski definition) is 1. The predicted molar refractivity (Wildman–Crippen MR) is 142 cm³/mol. The highest BCUT2D eigenvalue weighted by Crippen LogP contribution is 2.34. The summed E-state index contributed by atoms with van der Waals surface area (Å²) in [6.45, 7) is 0.396. The smallest absolute Gasteiger partial charge is 0.307 e. The number of carbonyl (C=O) groups excluding carboxylic acids is 1. The second-order valence-electron chi connectivity index (χ2n) is 6.72. The lowest BCUT2D eigenvalue weighted by Crippen LogP contribution is -2.16. The topological polar surface area (TPSA) is 63.8 Å². The fourth-order valence-corrected chi connectivity index (χ4v) is 4.60. The third-order valence-corrected chi connectivity index (χ3v) is 6.48. The molecule has 0 atom stereocenters. The second-order valence-corrected chi connectivity index (χ2v) is 10.1. The Kier molecular flexibility index (Phi) is 7.55. The number of hydrogen-bond acceptors (Lipinski definition) is 4. The first-order chi connectivity index (χ1) is 15.4. The van der Waals surface area contributed by atoms with Gasteiger partial charge < -0.3 is 9.15 Å². The monoisotopic (exact) mass is 686 g/mol. The fourth-order valence-electron chi connectivity index (χ4n) is 2.87. The number of amides is 1. The van der Waals surface area contributed by atoms with Gasteiger partial charge in [-0.1, -0.05) is 39.7 Å². The molecule has 162 valence electrons. The molecule has 0 aliphatic rings. The molecule has 0 radical (unpaired) electrons. The molecule has 32 heavy (non-hydrogen) atoms. The van der Waals surface area contributed by atoms with E-state index in [1.54, 1.807) is 18.2 Å². The van der Waals surface area contributed by atoms with Crippen LogP contribution in [0.25, 0.3) is 11.0 Å². The standard InChI is InChI=1S/C23H14Br2ClIN2O3/c24-16-3-6-20-15(9-16)10-21(32-20)23(30)29-28-11-14-7-18(25)22(19(26)8-14)31-12-13-1-4-17(27)5-2-13/h1-11H,12H2,(H,29,30)/b28-11+. The number of hydrazone groups is 1. The van der Waals surface area contributed by atoms with Gasteiger partial charge in [0, 0.05) is 13.4 Å². The van der Waals surface area contributed by atoms with E-state index in [0.717, 1.165) is 19.0 Å². The lowest BCUT2D eigenvalue weighted by Gasteiger charge is -2.11. The van der Waals surface area contributed by atoms with Gasteiger partial charge in [-0.05, 0) is 98.2 Å². The summed E-state index contributed by atoms with van der Waals surface area (Å²) in [7, 11) is 0. The maximum absolute atomic E-state index is 12.3. The van der Waals surface area contributed by atoms with Crippen molar-refractivity contribution in [3.63, 3.8) is 0 Å². The molecule has 1 aromatic heterocycles. The SMILES string of the molecule is O=C(N/N=C/c1cc(Cl)c(OCc2ccc(I)cc2)c(Br)c1)c1cc2cc(Br)ccc2o1. The molecule has 4 rings (SSSR count). The van der Waals surface area contributed by atoms with Crippen LogP contribution in [0.15, 0.2) is 79.1 Å². The summed E-state index contributed by atoms with van der Waals surface area (Å²) >= 11 is 15.5. The zero-order valence-electron chi connectivity index (χ0n) is 16.2. The van der Waals surface area contributed by atoms with Crippen molar-refractivity contribution in [3.05, 3.63) is 95.1 Å². The number of halogens is 4. The number of fused-ring (bicyclic) bond motifs is 1. The van der Waals surface area contributed by atoms with Crippen molar-refractivity contribution in [2.75, 3.05) is 0 Å². The molecule has 0 aliphatic heterocycles. The molecule has 3 aromatic carbocycles. The quantitative estimate of drug-likeness (QED) is 0.129. The van der Waals surface area contributed by atoms with E-state index in [1.165, 1.54) is 6.21 Å². The molecule has 0 saturated heterocycles. The maximum Gasteiger partial charge on any atom is 0.307 e. The predicted octanol–water partition coefficient (Wildman–Crippen LogP) is 7.56. The minimum Gasteiger partial charge on any atom is -0.486 e. The van der Waals surface area contributed by atoms with Crippen LogP contribution in [0.2, 0.25) is 5.02 Å². The summed E-state index contributed by atoms with van der Waals surface area (Å²) in [5.41, 5.74) is 4.82. The molecular formula is C23H14Br2ClIN2O3. The van der Waals surface area contributed by atoms with Gasteiger partial charge in [-0.15, -0.1) is 0 Å². The van der Waals surface area contributed by atoms with Gasteiger partial charge in [0.2, 0.25) is 0 Å². The zero-order chi connectivity index (χ0) is 22.7. The third-order valence-electron chi connectivity index (χ3n) is 4.40. The summed E-state index contributed by atoms with van der Waals surface area (Å²) in [5.74, 6) is 0.268. The Labute approximate surface area is 219 Å². The van der Waals surface area contributed by atoms with E-state index in [-0.39, 0.29) is 5.76 Å². The van der Waals surface area contributed by atoms with E-state index in [9.17, 15) is 4.79 Å². The van der Waals surface area contributed by atoms with Crippen molar-refractivity contribution >= 4 is 89.1 Å². The summed E-state index contributed by atoms with van der Waals surface area (Å²) in [6, 6.07) is 18.8. The molecule has 0 unspecified atom stereocenters. The van der Waals surface area contributed by atoms with Crippen molar-refractivity contribution in [3.8, 4) is 5.75 Å². The van der Waals surface area contributed by atoms with Gasteiger partial charge in [0.05, 0.1) is 15.7 Å². The van der Waals surface area contributed by atoms with Crippen molar-refractivity contribution in [1.29, 1.82) is 0 Å². The Morgan fingerprint density at radius 1 is 1.12 bits per heavy atom. The van der Waals surface area contributed by atoms with Gasteiger partial charge >= 0.3 is 5.91 Å². The fraction of sp³-hybridized carbons (Fsp3) is 0.0435. The van der Waals surface area contributed by atoms with Crippen LogP contribution in [-0.4, -0.2) is 12.1 Å². The summed E-state index contributed by atoms with van der Waals surface area (Å²) in [6.07, 6.45) is 1.50. The minimum absolute atomic E-state index is 0.175. The molecule has 0 bridgehead atoms. The molecule has 0 fully saturated rings. The van der Waals surface area contributed by atoms with Crippen LogP contribution in [0.1, 0.15) is 21.7 Å². The molecule has 4 aromatic rings. The Hall–Kier alpha value is -1.88. The van der Waals surface area contributed by atoms with Crippen LogP contribution >= 0.6 is 66.1 Å². The summed E-state index contributed by atoms with van der Waals surface area (Å²) in [4.78, 5) is 12.3. The highest BCUT2D eigenvalue weighted by Gasteiger charge is 2.12. The van der Waals surface area contributed by atoms with Crippen molar-refractivity contribution in [2.45, 2.75) is 6.61 Å². The minimum atomic E-state index is -0.448. The zero-order valence-corrected chi connectivity index (χ0v) is 22.3. The molecule has 0 spiro atoms. The molecule has 1 amide bonds. The number of rotatable bonds is 6. The van der Waals surface area contributed by atoms with E-state index in [1.807, 2.05) is 42.5 Å². The first kappa shape index (κ1) is 23.3. The van der Waals surface area contributed by atoms with E-state index >= 15 is 0 Å². The van der Waals surface area contributed by atoms with Gasteiger partial charge in [0.25, 0.3) is 0 Å². The molecule has 9 heteroatoms. The number of nitrogens with zero attached hydrogens (tertiary/aromatic N) is 1. The Balaban J connectivity index is 1.41. The average molecular weight is 689 g/mol. The van der Waals surface area contributed by atoms with Crippen LogP contribution < -0.4 is 10.2 Å². The molecular weight excluding hydrogens is 674 g/mol. The van der Waals surface area contributed by atoms with Gasteiger partial charge in [-0.3, -0.25) is 4.79 Å². The van der Waals surface area contributed by atoms with Crippen LogP contribution in [-0.2, 0) is 6.61 Å². The van der Waals surface area contributed by atoms with E-state index in [2.05, 4.69) is 65.0 Å². The summed E-state index contributed by atoms with van der Waals surface area (Å²) in [5, 5.41) is 5.26. The highest BCUT2D eigenvalue weighted by molar-refractivity contribution is 14.1. The molecule has 1 heterocycles. The van der Waals surface area contributed by atoms with Crippen molar-refractivity contribution in [1.82, 2.24) is 5.43 Å². The highest BCUT2D eigenvalue weighted by atomic mass is 127. The van der Waals surface area contributed by atoms with E-state index in [0.29, 0.717) is 33.0 Å². The van der Waals surface area contributed by atoms with Gasteiger partial charge in [0.15, 0.2) is 11.5 Å². The Morgan fingerprint density at radius 3 is 2.66 bits per heavy atom. The van der Waals surface area contributed by atoms with Gasteiger partial charge in [0.1, 0.15) is 12.2 Å². The van der Waals surface area contributed by atoms with Crippen LogP contribution in [0.5, 0.6) is 5.75 Å². The second kappa shape index (κ2) is 10.4. The number of carbonyl (C=O) groups is 1. The molecule has 5 nitrogen and oxygen atoms in total. The van der Waals surface area contributed by atoms with Crippen molar-refractivity contribution < 1.29 is 13.9 Å². The summed E-state index contributed by atoms with van der Waals surface area (Å²) < 4.78 is 14.2. The first-order valence-corrected chi connectivity index (χ1v) is 12.3. The molecule has 0 saturated carbocycles. The van der Waals surface area contributed by atoms with E-state index in [4.69, 9.17) is 20.8 Å². The maximum atomic E-state index is 12.3. The number of furan rings is 1. The van der Waals surface area contributed by atoms with Crippen LogP contribution in [0, 0.1) is 3.57 Å². The van der Waals surface area contributed by atoms with Crippen LogP contribution in [0.3, 0.4) is 0 Å². The van der Waals surface area contributed by atoms with Crippen molar-refractivity contribution in [2.24, 2.45) is 5.10 Å². The number of nitrogens with one attached hydrogen (secondary N) is 1. The Morgan fingerprint density at radius 2 is 1.91 bits per heavy atom. The third kappa shape index (κ3) is 5.72. The first-order valence-electron chi connectivity index (χ1n) is 9.28. The lowest BCUT2D eigenvalue weighted by atomic mass is 10.2. The number of benzene rings is 3. The normalized spacial score (nSPS) is 11.2. The molecule has 0 aliphatic carbocycles. The number of ether oxygens (including phenoxy) is 1. The largest absolute Gasteiger partial charge is 0.486 e. The van der Waals surface area contributed by atoms with E-state index < -0.39 is 5.91 Å². The van der Waals surface area contributed by atoms with Crippen LogP contribution in [0.4, 0.5) is 0 Å². The lowest BCUT2D eigenvalue weighted by molar-refractivity contribution is 0.0929. The Bertz CT molecular complexity index is 1300. The average Bonchev–Trinajstić information content (AvgIpc) is 3.18. The van der Waals surface area contributed by atoms with Gasteiger partial charge in [-0.25, -0.2) is 5.43 Å². The molecule has 1 N–H and O–H groups in total.